The average Bonchev–Trinajstić information content (AvgIpc) is 2.73. The molecule has 0 saturated carbocycles. The van der Waals surface area contributed by atoms with E-state index in [1.54, 1.807) is 6.92 Å². The number of benzene rings is 1. The van der Waals surface area contributed by atoms with Crippen molar-refractivity contribution in [1.29, 1.82) is 0 Å². The Balaban J connectivity index is 2.50. The second kappa shape index (κ2) is 9.27. The summed E-state index contributed by atoms with van der Waals surface area (Å²) in [7, 11) is -3.83. The molecule has 0 aliphatic rings. The molecule has 0 aliphatic carbocycles. The molecule has 6 nitrogen and oxygen atoms in total. The predicted octanol–water partition coefficient (Wildman–Crippen LogP) is 4.17. The van der Waals surface area contributed by atoms with Crippen LogP contribution in [0.3, 0.4) is 0 Å². The van der Waals surface area contributed by atoms with Crippen LogP contribution >= 0.6 is 0 Å². The molecule has 2 rings (SSSR count). The number of aromatic nitrogens is 1. The van der Waals surface area contributed by atoms with Gasteiger partial charge in [0.25, 0.3) is 5.91 Å². The SMILES string of the molecule is CCOCN(C(=O)c1ccncc1S(=O)(=O)CC)c1ccc(C(F)(F)C(F)(F)F)cc1. The van der Waals surface area contributed by atoms with Crippen molar-refractivity contribution in [2.45, 2.75) is 30.8 Å². The first-order valence-electron chi connectivity index (χ1n) is 8.98. The van der Waals surface area contributed by atoms with Crippen molar-refractivity contribution < 1.29 is 39.9 Å². The van der Waals surface area contributed by atoms with Gasteiger partial charge in [0.2, 0.25) is 0 Å². The maximum atomic E-state index is 13.5. The van der Waals surface area contributed by atoms with Crippen molar-refractivity contribution in [1.82, 2.24) is 4.98 Å². The Morgan fingerprint density at radius 3 is 2.19 bits per heavy atom. The summed E-state index contributed by atoms with van der Waals surface area (Å²) >= 11 is 0. The molecule has 0 radical (unpaired) electrons. The lowest BCUT2D eigenvalue weighted by atomic mass is 10.1. The van der Waals surface area contributed by atoms with Gasteiger partial charge in [0.15, 0.2) is 9.84 Å². The van der Waals surface area contributed by atoms with Gasteiger partial charge in [-0.25, -0.2) is 8.42 Å². The first kappa shape index (κ1) is 24.7. The molecule has 1 amide bonds. The van der Waals surface area contributed by atoms with E-state index in [-0.39, 0.29) is 28.5 Å². The monoisotopic (exact) mass is 466 g/mol. The van der Waals surface area contributed by atoms with Crippen molar-refractivity contribution >= 4 is 21.4 Å². The lowest BCUT2D eigenvalue weighted by molar-refractivity contribution is -0.289. The van der Waals surface area contributed by atoms with Gasteiger partial charge < -0.3 is 4.74 Å². The van der Waals surface area contributed by atoms with Crippen LogP contribution < -0.4 is 4.90 Å². The summed E-state index contributed by atoms with van der Waals surface area (Å²) in [4.78, 5) is 17.4. The van der Waals surface area contributed by atoms with Crippen molar-refractivity contribution in [3.05, 3.63) is 53.9 Å². The smallest absolute Gasteiger partial charge is 0.361 e. The Morgan fingerprint density at radius 2 is 1.68 bits per heavy atom. The number of amides is 1. The maximum Gasteiger partial charge on any atom is 0.458 e. The van der Waals surface area contributed by atoms with Gasteiger partial charge in [0.1, 0.15) is 6.73 Å². The number of hydrogen-bond donors (Lipinski definition) is 0. The third-order valence-electron chi connectivity index (χ3n) is 4.30. The van der Waals surface area contributed by atoms with Gasteiger partial charge in [-0.3, -0.25) is 14.7 Å². The molecule has 0 atom stereocenters. The molecule has 31 heavy (non-hydrogen) atoms. The summed E-state index contributed by atoms with van der Waals surface area (Å²) < 4.78 is 94.7. The lowest BCUT2D eigenvalue weighted by Crippen LogP contribution is -2.35. The highest BCUT2D eigenvalue weighted by atomic mass is 32.2. The van der Waals surface area contributed by atoms with Crippen LogP contribution in [0.15, 0.2) is 47.6 Å². The summed E-state index contributed by atoms with van der Waals surface area (Å²) in [5.74, 6) is -6.22. The first-order chi connectivity index (χ1) is 14.4. The number of alkyl halides is 5. The minimum atomic E-state index is -5.78. The van der Waals surface area contributed by atoms with E-state index in [1.165, 1.54) is 19.2 Å². The van der Waals surface area contributed by atoms with Gasteiger partial charge in [-0.15, -0.1) is 0 Å². The standard InChI is InChI=1S/C19H19F5N2O4S/c1-3-30-12-26(14-7-5-13(6-8-14)18(20,21)19(22,23)24)17(27)15-9-10-25-11-16(15)31(28,29)4-2/h5-11H,3-4,12H2,1-2H3. The number of ether oxygens (including phenoxy) is 1. The third-order valence-corrected chi connectivity index (χ3v) is 6.05. The second-order valence-corrected chi connectivity index (χ2v) is 8.50. The predicted molar refractivity (Wildman–Crippen MR) is 102 cm³/mol. The van der Waals surface area contributed by atoms with Gasteiger partial charge >= 0.3 is 12.1 Å². The van der Waals surface area contributed by atoms with Crippen molar-refractivity contribution in [2.75, 3.05) is 24.0 Å². The zero-order chi connectivity index (χ0) is 23.4. The van der Waals surface area contributed by atoms with E-state index in [4.69, 9.17) is 4.74 Å². The number of nitrogens with zero attached hydrogens (tertiary/aromatic N) is 2. The van der Waals surface area contributed by atoms with E-state index in [1.807, 2.05) is 0 Å². The van der Waals surface area contributed by atoms with Crippen molar-refractivity contribution in [3.8, 4) is 0 Å². The zero-order valence-corrected chi connectivity index (χ0v) is 17.3. The van der Waals surface area contributed by atoms with Crippen LogP contribution in [0.5, 0.6) is 0 Å². The average molecular weight is 466 g/mol. The molecule has 0 N–H and O–H groups in total. The Bertz CT molecular complexity index is 1020. The van der Waals surface area contributed by atoms with E-state index in [2.05, 4.69) is 4.98 Å². The zero-order valence-electron chi connectivity index (χ0n) is 16.5. The number of anilines is 1. The molecule has 1 aromatic carbocycles. The number of carbonyl (C=O) groups is 1. The minimum absolute atomic E-state index is 0.0585. The summed E-state index contributed by atoms with van der Waals surface area (Å²) in [5.41, 5.74) is -1.59. The Morgan fingerprint density at radius 1 is 1.06 bits per heavy atom. The van der Waals surface area contributed by atoms with E-state index in [0.717, 1.165) is 23.2 Å². The molecular formula is C19H19F5N2O4S. The van der Waals surface area contributed by atoms with Crippen molar-refractivity contribution in [3.63, 3.8) is 0 Å². The molecule has 170 valence electrons. The Kier molecular flexibility index (Phi) is 7.37. The molecule has 12 heteroatoms. The lowest BCUT2D eigenvalue weighted by Gasteiger charge is -2.25. The molecule has 0 spiro atoms. The largest absolute Gasteiger partial charge is 0.458 e. The highest BCUT2D eigenvalue weighted by Crippen LogP contribution is 2.44. The second-order valence-electron chi connectivity index (χ2n) is 6.25. The normalized spacial score (nSPS) is 12.6. The van der Waals surface area contributed by atoms with E-state index in [9.17, 15) is 35.2 Å². The molecule has 0 aliphatic heterocycles. The maximum absolute atomic E-state index is 13.5. The molecule has 2 aromatic rings. The fraction of sp³-hybridized carbons (Fsp3) is 0.368. The van der Waals surface area contributed by atoms with Crippen LogP contribution in [-0.4, -0.2) is 44.6 Å². The van der Waals surface area contributed by atoms with Crippen LogP contribution in [0.2, 0.25) is 0 Å². The number of halogens is 5. The molecular weight excluding hydrogens is 447 g/mol. The van der Waals surface area contributed by atoms with E-state index in [0.29, 0.717) is 12.1 Å². The Hall–Kier alpha value is -2.60. The summed E-state index contributed by atoms with van der Waals surface area (Å²) in [6, 6.07) is 4.08. The van der Waals surface area contributed by atoms with Crippen LogP contribution in [0.4, 0.5) is 27.6 Å². The topological polar surface area (TPSA) is 76.6 Å². The fourth-order valence-electron chi connectivity index (χ4n) is 2.55. The van der Waals surface area contributed by atoms with E-state index >= 15 is 0 Å². The highest BCUT2D eigenvalue weighted by Gasteiger charge is 2.58. The molecule has 0 unspecified atom stereocenters. The quantitative estimate of drug-likeness (QED) is 0.431. The minimum Gasteiger partial charge on any atom is -0.361 e. The number of sulfone groups is 1. The molecule has 1 aromatic heterocycles. The summed E-state index contributed by atoms with van der Waals surface area (Å²) in [5, 5.41) is 0. The van der Waals surface area contributed by atoms with E-state index < -0.39 is 40.1 Å². The van der Waals surface area contributed by atoms with Gasteiger partial charge in [-0.05, 0) is 25.1 Å². The van der Waals surface area contributed by atoms with Crippen LogP contribution in [0, 0.1) is 0 Å². The van der Waals surface area contributed by atoms with Gasteiger partial charge in [0, 0.05) is 30.3 Å². The summed E-state index contributed by atoms with van der Waals surface area (Å²) in [6.07, 6.45) is -3.57. The van der Waals surface area contributed by atoms with Gasteiger partial charge in [-0.2, -0.15) is 22.0 Å². The van der Waals surface area contributed by atoms with Gasteiger partial charge in [0.05, 0.1) is 16.2 Å². The third kappa shape index (κ3) is 5.18. The number of pyridine rings is 1. The Labute approximate surface area is 175 Å². The van der Waals surface area contributed by atoms with Crippen LogP contribution in [0.25, 0.3) is 0 Å². The van der Waals surface area contributed by atoms with Crippen LogP contribution in [0.1, 0.15) is 29.8 Å². The molecule has 0 bridgehead atoms. The van der Waals surface area contributed by atoms with Crippen LogP contribution in [-0.2, 0) is 20.5 Å². The molecule has 0 saturated heterocycles. The number of carbonyl (C=O) groups excluding carboxylic acids is 1. The fourth-order valence-corrected chi connectivity index (χ4v) is 3.58. The van der Waals surface area contributed by atoms with Gasteiger partial charge in [-0.1, -0.05) is 19.1 Å². The molecule has 1 heterocycles. The highest BCUT2D eigenvalue weighted by molar-refractivity contribution is 7.91. The van der Waals surface area contributed by atoms with Crippen molar-refractivity contribution in [2.24, 2.45) is 0 Å². The molecule has 0 fully saturated rings. The summed E-state index contributed by atoms with van der Waals surface area (Å²) in [6.45, 7) is 2.77. The first-order valence-corrected chi connectivity index (χ1v) is 10.6. The number of rotatable bonds is 8. The number of hydrogen-bond acceptors (Lipinski definition) is 5.